The third-order valence-corrected chi connectivity index (χ3v) is 3.21. The fourth-order valence-electron chi connectivity index (χ4n) is 2.25. The highest BCUT2D eigenvalue weighted by Gasteiger charge is 2.26. The number of amides is 1. The standard InChI is InChI=1S/C10H16N4O2/c15-5-8-3-1-2-7(8)4-11-10(16)9-12-6-13-14-9/h6-8,15H,1-5H2,(H,11,16)(H,12,13,14). The summed E-state index contributed by atoms with van der Waals surface area (Å²) in [5.41, 5.74) is 0. The summed E-state index contributed by atoms with van der Waals surface area (Å²) in [5, 5.41) is 18.1. The normalized spacial score (nSPS) is 24.6. The smallest absolute Gasteiger partial charge is 0.288 e. The Bertz CT molecular complexity index is 339. The highest BCUT2D eigenvalue weighted by atomic mass is 16.3. The van der Waals surface area contributed by atoms with Crippen LogP contribution in [0.4, 0.5) is 0 Å². The molecule has 2 rings (SSSR count). The molecule has 1 aliphatic carbocycles. The molecule has 0 radical (unpaired) electrons. The number of nitrogens with zero attached hydrogens (tertiary/aromatic N) is 2. The molecule has 0 spiro atoms. The van der Waals surface area contributed by atoms with Crippen LogP contribution in [0.3, 0.4) is 0 Å². The van der Waals surface area contributed by atoms with E-state index < -0.39 is 0 Å². The van der Waals surface area contributed by atoms with Crippen LogP contribution in [0.5, 0.6) is 0 Å². The summed E-state index contributed by atoms with van der Waals surface area (Å²) >= 11 is 0. The third kappa shape index (κ3) is 2.38. The quantitative estimate of drug-likeness (QED) is 0.668. The van der Waals surface area contributed by atoms with Crippen molar-refractivity contribution in [2.75, 3.05) is 13.2 Å². The molecule has 16 heavy (non-hydrogen) atoms. The van der Waals surface area contributed by atoms with Gasteiger partial charge in [-0.25, -0.2) is 4.98 Å². The van der Waals surface area contributed by atoms with Gasteiger partial charge in [0.1, 0.15) is 6.33 Å². The van der Waals surface area contributed by atoms with Crippen molar-refractivity contribution in [1.29, 1.82) is 0 Å². The van der Waals surface area contributed by atoms with Gasteiger partial charge in [-0.3, -0.25) is 9.89 Å². The van der Waals surface area contributed by atoms with Gasteiger partial charge >= 0.3 is 0 Å². The molecule has 1 heterocycles. The first-order chi connectivity index (χ1) is 7.81. The number of carbonyl (C=O) groups is 1. The Morgan fingerprint density at radius 2 is 2.38 bits per heavy atom. The van der Waals surface area contributed by atoms with Crippen LogP contribution in [0, 0.1) is 11.8 Å². The Labute approximate surface area is 93.5 Å². The Kier molecular flexibility index (Phi) is 3.51. The second-order valence-corrected chi connectivity index (χ2v) is 4.18. The summed E-state index contributed by atoms with van der Waals surface area (Å²) in [7, 11) is 0. The Hall–Kier alpha value is -1.43. The van der Waals surface area contributed by atoms with Crippen LogP contribution in [0.15, 0.2) is 6.33 Å². The fraction of sp³-hybridized carbons (Fsp3) is 0.700. The van der Waals surface area contributed by atoms with E-state index in [1.807, 2.05) is 0 Å². The zero-order chi connectivity index (χ0) is 11.4. The van der Waals surface area contributed by atoms with Gasteiger partial charge in [-0.1, -0.05) is 6.42 Å². The van der Waals surface area contributed by atoms with Crippen molar-refractivity contribution in [2.24, 2.45) is 11.8 Å². The van der Waals surface area contributed by atoms with Crippen molar-refractivity contribution < 1.29 is 9.90 Å². The molecule has 1 fully saturated rings. The third-order valence-electron chi connectivity index (χ3n) is 3.21. The van der Waals surface area contributed by atoms with E-state index in [1.165, 1.54) is 6.33 Å². The lowest BCUT2D eigenvalue weighted by molar-refractivity contribution is 0.0928. The molecule has 1 aliphatic rings. The molecule has 88 valence electrons. The number of carbonyl (C=O) groups excluding carboxylic acids is 1. The van der Waals surface area contributed by atoms with Crippen LogP contribution in [-0.4, -0.2) is 39.3 Å². The van der Waals surface area contributed by atoms with Crippen molar-refractivity contribution in [1.82, 2.24) is 20.5 Å². The molecule has 0 bridgehead atoms. The SMILES string of the molecule is O=C(NCC1CCCC1CO)c1ncn[nH]1. The van der Waals surface area contributed by atoms with E-state index in [1.54, 1.807) is 0 Å². The highest BCUT2D eigenvalue weighted by Crippen LogP contribution is 2.30. The molecule has 1 saturated carbocycles. The summed E-state index contributed by atoms with van der Waals surface area (Å²) in [6.07, 6.45) is 4.57. The summed E-state index contributed by atoms with van der Waals surface area (Å²) < 4.78 is 0. The molecule has 1 amide bonds. The summed E-state index contributed by atoms with van der Waals surface area (Å²) in [4.78, 5) is 15.3. The number of hydrogen-bond acceptors (Lipinski definition) is 4. The van der Waals surface area contributed by atoms with Crippen molar-refractivity contribution in [3.63, 3.8) is 0 Å². The predicted octanol–water partition coefficient (Wildman–Crippen LogP) is -0.0569. The molecular weight excluding hydrogens is 208 g/mol. The van der Waals surface area contributed by atoms with E-state index in [0.717, 1.165) is 19.3 Å². The van der Waals surface area contributed by atoms with E-state index in [0.29, 0.717) is 18.4 Å². The zero-order valence-electron chi connectivity index (χ0n) is 9.02. The molecule has 1 aromatic heterocycles. The van der Waals surface area contributed by atoms with Gasteiger partial charge in [-0.15, -0.1) is 0 Å². The van der Waals surface area contributed by atoms with Crippen molar-refractivity contribution in [3.05, 3.63) is 12.2 Å². The second kappa shape index (κ2) is 5.07. The molecule has 6 heteroatoms. The van der Waals surface area contributed by atoms with Gasteiger partial charge in [0, 0.05) is 13.2 Å². The minimum Gasteiger partial charge on any atom is -0.396 e. The highest BCUT2D eigenvalue weighted by molar-refractivity contribution is 5.90. The molecule has 2 unspecified atom stereocenters. The average molecular weight is 224 g/mol. The van der Waals surface area contributed by atoms with E-state index in [-0.39, 0.29) is 18.3 Å². The largest absolute Gasteiger partial charge is 0.396 e. The lowest BCUT2D eigenvalue weighted by atomic mass is 9.97. The first-order valence-electron chi connectivity index (χ1n) is 5.55. The van der Waals surface area contributed by atoms with Gasteiger partial charge in [0.05, 0.1) is 0 Å². The van der Waals surface area contributed by atoms with Gasteiger partial charge in [0.2, 0.25) is 5.82 Å². The van der Waals surface area contributed by atoms with E-state index >= 15 is 0 Å². The number of aromatic nitrogens is 3. The fourth-order valence-corrected chi connectivity index (χ4v) is 2.25. The van der Waals surface area contributed by atoms with Gasteiger partial charge in [-0.05, 0) is 24.7 Å². The van der Waals surface area contributed by atoms with Gasteiger partial charge < -0.3 is 10.4 Å². The molecular formula is C10H16N4O2. The lowest BCUT2D eigenvalue weighted by Gasteiger charge is -2.17. The maximum absolute atomic E-state index is 11.6. The van der Waals surface area contributed by atoms with E-state index in [9.17, 15) is 4.79 Å². The maximum atomic E-state index is 11.6. The van der Waals surface area contributed by atoms with Crippen molar-refractivity contribution >= 4 is 5.91 Å². The van der Waals surface area contributed by atoms with Crippen LogP contribution >= 0.6 is 0 Å². The Balaban J connectivity index is 1.81. The average Bonchev–Trinajstić information content (AvgIpc) is 2.96. The van der Waals surface area contributed by atoms with Crippen molar-refractivity contribution in [2.45, 2.75) is 19.3 Å². The minimum absolute atomic E-state index is 0.211. The van der Waals surface area contributed by atoms with Crippen LogP contribution in [0.1, 0.15) is 29.9 Å². The van der Waals surface area contributed by atoms with Gasteiger partial charge in [0.25, 0.3) is 5.91 Å². The van der Waals surface area contributed by atoms with Crippen LogP contribution in [-0.2, 0) is 0 Å². The number of aromatic amines is 1. The number of H-pyrrole nitrogens is 1. The molecule has 1 aromatic rings. The van der Waals surface area contributed by atoms with Crippen molar-refractivity contribution in [3.8, 4) is 0 Å². The zero-order valence-corrected chi connectivity index (χ0v) is 9.02. The molecule has 2 atom stereocenters. The number of rotatable bonds is 4. The number of hydrogen-bond donors (Lipinski definition) is 3. The first kappa shape index (κ1) is 11.1. The number of aliphatic hydroxyl groups is 1. The van der Waals surface area contributed by atoms with Crippen LogP contribution in [0.2, 0.25) is 0 Å². The summed E-state index contributed by atoms with van der Waals surface area (Å²) in [6, 6.07) is 0. The topological polar surface area (TPSA) is 90.9 Å². The maximum Gasteiger partial charge on any atom is 0.288 e. The van der Waals surface area contributed by atoms with E-state index in [4.69, 9.17) is 5.11 Å². The van der Waals surface area contributed by atoms with Gasteiger partial charge in [-0.2, -0.15) is 5.10 Å². The molecule has 6 nitrogen and oxygen atoms in total. The minimum atomic E-state index is -0.235. The van der Waals surface area contributed by atoms with Gasteiger partial charge in [0.15, 0.2) is 0 Å². The first-order valence-corrected chi connectivity index (χ1v) is 5.55. The number of nitrogens with one attached hydrogen (secondary N) is 2. The number of aliphatic hydroxyl groups excluding tert-OH is 1. The second-order valence-electron chi connectivity index (χ2n) is 4.18. The molecule has 0 aromatic carbocycles. The summed E-state index contributed by atoms with van der Waals surface area (Å²) in [5.74, 6) is 0.714. The monoisotopic (exact) mass is 224 g/mol. The van der Waals surface area contributed by atoms with Crippen LogP contribution in [0.25, 0.3) is 0 Å². The van der Waals surface area contributed by atoms with E-state index in [2.05, 4.69) is 20.5 Å². The molecule has 0 saturated heterocycles. The summed E-state index contributed by atoms with van der Waals surface area (Å²) in [6.45, 7) is 0.813. The lowest BCUT2D eigenvalue weighted by Crippen LogP contribution is -2.32. The molecule has 3 N–H and O–H groups in total. The molecule has 0 aliphatic heterocycles. The Morgan fingerprint density at radius 1 is 1.56 bits per heavy atom. The van der Waals surface area contributed by atoms with Crippen LogP contribution < -0.4 is 5.32 Å². The Morgan fingerprint density at radius 3 is 3.06 bits per heavy atom. The predicted molar refractivity (Wildman–Crippen MR) is 56.6 cm³/mol.